The van der Waals surface area contributed by atoms with Crippen LogP contribution in [0.3, 0.4) is 0 Å². The minimum Gasteiger partial charge on any atom is -0.294 e. The average molecular weight is 438 g/mol. The summed E-state index contributed by atoms with van der Waals surface area (Å²) in [5.41, 5.74) is 2.10. The van der Waals surface area contributed by atoms with E-state index in [4.69, 9.17) is 11.6 Å². The van der Waals surface area contributed by atoms with Crippen LogP contribution in [0.25, 0.3) is 0 Å². The summed E-state index contributed by atoms with van der Waals surface area (Å²) < 4.78 is -0.985. The average Bonchev–Trinajstić information content (AvgIpc) is 3.30. The molecule has 3 aromatic rings. The molecule has 2 nitrogen and oxygen atoms in total. The Morgan fingerprint density at radius 3 is 1.96 bits per heavy atom. The van der Waals surface area contributed by atoms with Crippen molar-refractivity contribution in [2.75, 3.05) is 0 Å². The Kier molecular flexibility index (Phi) is 3.53. The number of ketones is 2. The normalized spacial score (nSPS) is 28.4. The number of hydrogen-bond acceptors (Lipinski definition) is 2. The summed E-state index contributed by atoms with van der Waals surface area (Å²) in [5, 5.41) is 0.621. The van der Waals surface area contributed by atoms with E-state index in [1.54, 1.807) is 24.3 Å². The fourth-order valence-electron chi connectivity index (χ4n) is 4.71. The van der Waals surface area contributed by atoms with Gasteiger partial charge in [-0.2, -0.15) is 0 Å². The second kappa shape index (κ2) is 5.63. The molecule has 0 saturated heterocycles. The number of rotatable bonds is 2. The number of hydrogen-bond donors (Lipinski definition) is 0. The first kappa shape index (κ1) is 16.9. The molecule has 2 aliphatic rings. The summed E-state index contributed by atoms with van der Waals surface area (Å²) in [5.74, 6) is -0.529. The smallest absolute Gasteiger partial charge is 0.182 e. The highest BCUT2D eigenvalue weighted by molar-refractivity contribution is 9.10. The molecule has 1 saturated carbocycles. The van der Waals surface area contributed by atoms with Gasteiger partial charge >= 0.3 is 0 Å². The molecule has 0 heterocycles. The van der Waals surface area contributed by atoms with E-state index >= 15 is 0 Å². The molecule has 3 aromatic carbocycles. The molecule has 3 atom stereocenters. The van der Waals surface area contributed by atoms with Gasteiger partial charge in [0.15, 0.2) is 11.6 Å². The second-order valence-corrected chi connectivity index (χ2v) is 8.75. The van der Waals surface area contributed by atoms with Gasteiger partial charge in [0.2, 0.25) is 0 Å². The molecule has 2 aliphatic carbocycles. The van der Waals surface area contributed by atoms with Crippen molar-refractivity contribution >= 4 is 39.1 Å². The third-order valence-corrected chi connectivity index (χ3v) is 7.58. The van der Waals surface area contributed by atoms with Gasteiger partial charge in [0.25, 0.3) is 0 Å². The number of carbonyl (C=O) groups is 2. The van der Waals surface area contributed by atoms with Gasteiger partial charge in [-0.25, -0.2) is 0 Å². The van der Waals surface area contributed by atoms with Gasteiger partial charge in [0.1, 0.15) is 4.32 Å². The molecule has 0 spiro atoms. The van der Waals surface area contributed by atoms with E-state index in [9.17, 15) is 9.59 Å². The summed E-state index contributed by atoms with van der Waals surface area (Å²) in [4.78, 5) is 27.0. The van der Waals surface area contributed by atoms with Crippen molar-refractivity contribution in [1.29, 1.82) is 0 Å². The van der Waals surface area contributed by atoms with Crippen LogP contribution in [-0.4, -0.2) is 15.9 Å². The second-order valence-electron chi connectivity index (χ2n) is 7.06. The molecule has 0 aliphatic heterocycles. The standard InChI is InChI=1S/C23H14BrClO2/c24-23-20(19(26)17-8-4-5-9-18(17)21(23)27)22(23,14-6-2-1-3-7-14)15-10-12-16(25)13-11-15/h1-13,20H/t20-,22-,23-/m0/s1. The molecule has 4 heteroatoms. The summed E-state index contributed by atoms with van der Waals surface area (Å²) in [6.07, 6.45) is 0. The van der Waals surface area contributed by atoms with Crippen molar-refractivity contribution in [3.05, 3.63) is 106 Å². The summed E-state index contributed by atoms with van der Waals surface area (Å²) >= 11 is 9.85. The molecular weight excluding hydrogens is 424 g/mol. The largest absolute Gasteiger partial charge is 0.294 e. The van der Waals surface area contributed by atoms with Crippen molar-refractivity contribution < 1.29 is 9.59 Å². The highest BCUT2D eigenvalue weighted by Gasteiger charge is 2.84. The van der Waals surface area contributed by atoms with Crippen LogP contribution in [0, 0.1) is 5.92 Å². The third kappa shape index (κ3) is 1.96. The molecule has 132 valence electrons. The lowest BCUT2D eigenvalue weighted by Gasteiger charge is -2.22. The third-order valence-electron chi connectivity index (χ3n) is 5.88. The Bertz CT molecular complexity index is 1090. The minimum atomic E-state index is -0.985. The van der Waals surface area contributed by atoms with Crippen molar-refractivity contribution in [2.24, 2.45) is 5.92 Å². The molecule has 1 fully saturated rings. The Labute approximate surface area is 170 Å². The van der Waals surface area contributed by atoms with Crippen molar-refractivity contribution in [3.8, 4) is 0 Å². The fourth-order valence-corrected chi connectivity index (χ4v) is 6.17. The van der Waals surface area contributed by atoms with Crippen LogP contribution >= 0.6 is 27.5 Å². The lowest BCUT2D eigenvalue weighted by Crippen LogP contribution is -2.31. The zero-order chi connectivity index (χ0) is 18.8. The van der Waals surface area contributed by atoms with E-state index in [0.717, 1.165) is 11.1 Å². The predicted octanol–water partition coefficient (Wildman–Crippen LogP) is 5.47. The van der Waals surface area contributed by atoms with Crippen LogP contribution < -0.4 is 0 Å². The van der Waals surface area contributed by atoms with E-state index in [1.165, 1.54) is 0 Å². The maximum Gasteiger partial charge on any atom is 0.182 e. The topological polar surface area (TPSA) is 34.1 Å². The molecule has 0 bridgehead atoms. The SMILES string of the molecule is O=C1c2ccccc2C(=O)[C@@]2(Br)[C@@H]1[C@]2(c1ccccc1)c1ccc(Cl)cc1. The number of halogens is 2. The van der Waals surface area contributed by atoms with Crippen LogP contribution in [0.4, 0.5) is 0 Å². The van der Waals surface area contributed by atoms with Crippen LogP contribution in [0.1, 0.15) is 31.8 Å². The quantitative estimate of drug-likeness (QED) is 0.498. The lowest BCUT2D eigenvalue weighted by atomic mass is 9.83. The van der Waals surface area contributed by atoms with Crippen LogP contribution in [0.2, 0.25) is 5.02 Å². The van der Waals surface area contributed by atoms with Gasteiger partial charge in [-0.05, 0) is 23.3 Å². The van der Waals surface area contributed by atoms with Crippen LogP contribution in [0.5, 0.6) is 0 Å². The number of benzene rings is 3. The predicted molar refractivity (Wildman–Crippen MR) is 109 cm³/mol. The van der Waals surface area contributed by atoms with E-state index in [2.05, 4.69) is 15.9 Å². The van der Waals surface area contributed by atoms with Crippen LogP contribution in [-0.2, 0) is 5.41 Å². The molecule has 0 aromatic heterocycles. The molecule has 0 amide bonds. The van der Waals surface area contributed by atoms with E-state index in [1.807, 2.05) is 54.6 Å². The zero-order valence-electron chi connectivity index (χ0n) is 14.2. The number of fused-ring (bicyclic) bond motifs is 2. The fraction of sp³-hybridized carbons (Fsp3) is 0.130. The first-order chi connectivity index (χ1) is 13.0. The molecule has 5 rings (SSSR count). The first-order valence-corrected chi connectivity index (χ1v) is 9.88. The summed E-state index contributed by atoms with van der Waals surface area (Å²) in [7, 11) is 0. The summed E-state index contributed by atoms with van der Waals surface area (Å²) in [6, 6.07) is 24.3. The molecule has 27 heavy (non-hydrogen) atoms. The number of alkyl halides is 1. The van der Waals surface area contributed by atoms with E-state index < -0.39 is 15.7 Å². The molecule has 0 radical (unpaired) electrons. The van der Waals surface area contributed by atoms with Crippen LogP contribution in [0.15, 0.2) is 78.9 Å². The molecule has 0 unspecified atom stereocenters. The van der Waals surface area contributed by atoms with E-state index in [0.29, 0.717) is 16.1 Å². The number of carbonyl (C=O) groups excluding carboxylic acids is 2. The lowest BCUT2D eigenvalue weighted by molar-refractivity contribution is 0.0893. The number of Topliss-reactive ketones (excluding diaryl/α,β-unsaturated/α-hetero) is 2. The minimum absolute atomic E-state index is 0.000813. The van der Waals surface area contributed by atoms with Gasteiger partial charge in [-0.15, -0.1) is 0 Å². The van der Waals surface area contributed by atoms with Crippen molar-refractivity contribution in [1.82, 2.24) is 0 Å². The highest BCUT2D eigenvalue weighted by Crippen LogP contribution is 2.74. The van der Waals surface area contributed by atoms with Gasteiger partial charge in [-0.1, -0.05) is 94.3 Å². The van der Waals surface area contributed by atoms with Gasteiger partial charge in [-0.3, -0.25) is 9.59 Å². The Morgan fingerprint density at radius 2 is 1.30 bits per heavy atom. The highest BCUT2D eigenvalue weighted by atomic mass is 79.9. The maximum absolute atomic E-state index is 13.5. The monoisotopic (exact) mass is 436 g/mol. The van der Waals surface area contributed by atoms with Crippen molar-refractivity contribution in [2.45, 2.75) is 9.74 Å². The maximum atomic E-state index is 13.5. The first-order valence-electron chi connectivity index (χ1n) is 8.71. The Hall–Kier alpha value is -2.23. The molecular formula is C23H14BrClO2. The van der Waals surface area contributed by atoms with Crippen molar-refractivity contribution in [3.63, 3.8) is 0 Å². The molecule has 0 N–H and O–H groups in total. The van der Waals surface area contributed by atoms with E-state index in [-0.39, 0.29) is 11.6 Å². The Balaban J connectivity index is 1.81. The zero-order valence-corrected chi connectivity index (χ0v) is 16.5. The van der Waals surface area contributed by atoms with Gasteiger partial charge < -0.3 is 0 Å². The van der Waals surface area contributed by atoms with Gasteiger partial charge in [0.05, 0.1) is 11.3 Å². The summed E-state index contributed by atoms with van der Waals surface area (Å²) in [6.45, 7) is 0. The Morgan fingerprint density at radius 1 is 0.741 bits per heavy atom. The van der Waals surface area contributed by atoms with Gasteiger partial charge in [0, 0.05) is 16.1 Å².